The van der Waals surface area contributed by atoms with E-state index in [0.717, 1.165) is 0 Å². The number of hydrogen-bond donors (Lipinski definition) is 2. The molecule has 2 N–H and O–H groups in total. The SMILES string of the molecule is O=C(O)N1CC2NN=C(C(F)(F)F)C2CC1C(F)(F)F. The van der Waals surface area contributed by atoms with Gasteiger partial charge in [0, 0.05) is 12.5 Å². The van der Waals surface area contributed by atoms with E-state index in [9.17, 15) is 31.1 Å². The Labute approximate surface area is 108 Å². The predicted octanol–water partition coefficient (Wildman–Crippen LogP) is 1.81. The van der Waals surface area contributed by atoms with Gasteiger partial charge >= 0.3 is 18.4 Å². The van der Waals surface area contributed by atoms with Crippen molar-refractivity contribution >= 4 is 11.8 Å². The third-order valence-electron chi connectivity index (χ3n) is 3.35. The summed E-state index contributed by atoms with van der Waals surface area (Å²) < 4.78 is 76.2. The van der Waals surface area contributed by atoms with Crippen LogP contribution in [0.4, 0.5) is 31.1 Å². The van der Waals surface area contributed by atoms with Gasteiger partial charge in [-0.05, 0) is 6.42 Å². The van der Waals surface area contributed by atoms with E-state index in [1.165, 1.54) is 0 Å². The minimum absolute atomic E-state index is 0.100. The zero-order chi connectivity index (χ0) is 15.3. The summed E-state index contributed by atoms with van der Waals surface area (Å²) in [6.45, 7) is -0.701. The van der Waals surface area contributed by atoms with Crippen molar-refractivity contribution in [1.82, 2.24) is 10.3 Å². The summed E-state index contributed by atoms with van der Waals surface area (Å²) >= 11 is 0. The fraction of sp³-hybridized carbons (Fsp3) is 0.778. The molecule has 2 aliphatic rings. The maximum Gasteiger partial charge on any atom is 0.431 e. The van der Waals surface area contributed by atoms with E-state index in [0.29, 0.717) is 0 Å². The van der Waals surface area contributed by atoms with Crippen molar-refractivity contribution in [3.8, 4) is 0 Å². The number of carbonyl (C=O) groups is 1. The maximum atomic E-state index is 12.8. The Morgan fingerprint density at radius 2 is 1.90 bits per heavy atom. The standard InChI is InChI=1S/C9H9F6N3O2/c10-8(11,12)5-1-3-4(2-18(5)7(19)20)16-17-6(3)9(13,14)15/h3-5,16H,1-2H2,(H,19,20). The van der Waals surface area contributed by atoms with Crippen LogP contribution >= 0.6 is 0 Å². The van der Waals surface area contributed by atoms with Crippen molar-refractivity contribution in [3.05, 3.63) is 0 Å². The van der Waals surface area contributed by atoms with Crippen molar-refractivity contribution in [2.45, 2.75) is 30.9 Å². The lowest BCUT2D eigenvalue weighted by molar-refractivity contribution is -0.189. The Morgan fingerprint density at radius 3 is 2.35 bits per heavy atom. The Balaban J connectivity index is 2.27. The van der Waals surface area contributed by atoms with Crippen molar-refractivity contribution in [1.29, 1.82) is 0 Å². The number of piperidine rings is 1. The first-order chi connectivity index (χ1) is 9.01. The van der Waals surface area contributed by atoms with E-state index in [1.807, 2.05) is 0 Å². The summed E-state index contributed by atoms with van der Waals surface area (Å²) in [5.41, 5.74) is 0.750. The molecule has 0 saturated carbocycles. The number of amides is 1. The fourth-order valence-electron chi connectivity index (χ4n) is 2.46. The highest BCUT2D eigenvalue weighted by Gasteiger charge is 2.57. The minimum atomic E-state index is -4.93. The van der Waals surface area contributed by atoms with Crippen LogP contribution in [0.3, 0.4) is 0 Å². The van der Waals surface area contributed by atoms with Gasteiger partial charge in [-0.15, -0.1) is 0 Å². The van der Waals surface area contributed by atoms with Gasteiger partial charge in [0.15, 0.2) is 0 Å². The van der Waals surface area contributed by atoms with E-state index in [4.69, 9.17) is 5.11 Å². The molecule has 2 heterocycles. The molecule has 5 nitrogen and oxygen atoms in total. The molecular weight excluding hydrogens is 296 g/mol. The molecule has 11 heteroatoms. The predicted molar refractivity (Wildman–Crippen MR) is 53.1 cm³/mol. The Hall–Kier alpha value is -1.68. The first kappa shape index (κ1) is 14.7. The Morgan fingerprint density at radius 1 is 1.30 bits per heavy atom. The van der Waals surface area contributed by atoms with Crippen molar-refractivity contribution < 1.29 is 36.2 Å². The summed E-state index contributed by atoms with van der Waals surface area (Å²) in [6, 6.07) is -3.56. The second-order valence-corrected chi connectivity index (χ2v) is 4.56. The molecule has 0 aromatic heterocycles. The molecule has 1 fully saturated rings. The van der Waals surface area contributed by atoms with Crippen LogP contribution in [0, 0.1) is 5.92 Å². The number of alkyl halides is 6. The number of likely N-dealkylation sites (tertiary alicyclic amines) is 1. The second kappa shape index (κ2) is 4.42. The molecule has 0 aromatic carbocycles. The average molecular weight is 305 g/mol. The van der Waals surface area contributed by atoms with E-state index in [2.05, 4.69) is 10.5 Å². The van der Waals surface area contributed by atoms with E-state index in [-0.39, 0.29) is 4.90 Å². The van der Waals surface area contributed by atoms with Gasteiger partial charge in [0.25, 0.3) is 0 Å². The minimum Gasteiger partial charge on any atom is -0.465 e. The van der Waals surface area contributed by atoms with Gasteiger partial charge in [-0.2, -0.15) is 31.4 Å². The Bertz CT molecular complexity index is 446. The van der Waals surface area contributed by atoms with Gasteiger partial charge in [-0.25, -0.2) is 4.79 Å². The highest BCUT2D eigenvalue weighted by Crippen LogP contribution is 2.39. The van der Waals surface area contributed by atoms with Crippen LogP contribution in [0.2, 0.25) is 0 Å². The van der Waals surface area contributed by atoms with Crippen LogP contribution in [0.25, 0.3) is 0 Å². The zero-order valence-electron chi connectivity index (χ0n) is 9.66. The molecule has 0 bridgehead atoms. The lowest BCUT2D eigenvalue weighted by atomic mass is 9.84. The summed E-state index contributed by atoms with van der Waals surface area (Å²) in [7, 11) is 0. The lowest BCUT2D eigenvalue weighted by Gasteiger charge is -2.40. The highest BCUT2D eigenvalue weighted by molar-refractivity contribution is 5.93. The summed E-state index contributed by atoms with van der Waals surface area (Å²) in [5.74, 6) is -1.50. The van der Waals surface area contributed by atoms with Crippen molar-refractivity contribution in [3.63, 3.8) is 0 Å². The van der Waals surface area contributed by atoms with Gasteiger partial charge in [0.05, 0.1) is 6.04 Å². The molecule has 0 radical (unpaired) electrons. The van der Waals surface area contributed by atoms with Gasteiger partial charge < -0.3 is 10.5 Å². The molecule has 3 unspecified atom stereocenters. The third-order valence-corrected chi connectivity index (χ3v) is 3.35. The first-order valence-corrected chi connectivity index (χ1v) is 5.48. The van der Waals surface area contributed by atoms with Crippen LogP contribution in [0.15, 0.2) is 5.10 Å². The van der Waals surface area contributed by atoms with Crippen LogP contribution in [-0.4, -0.2) is 52.8 Å². The van der Waals surface area contributed by atoms with Crippen LogP contribution < -0.4 is 5.43 Å². The van der Waals surface area contributed by atoms with Gasteiger partial charge in [-0.1, -0.05) is 0 Å². The monoisotopic (exact) mass is 305 g/mol. The van der Waals surface area contributed by atoms with Crippen molar-refractivity contribution in [2.75, 3.05) is 6.54 Å². The molecule has 1 amide bonds. The number of hydrogen-bond acceptors (Lipinski definition) is 3. The molecule has 1 saturated heterocycles. The number of halogens is 6. The van der Waals surface area contributed by atoms with E-state index >= 15 is 0 Å². The molecule has 20 heavy (non-hydrogen) atoms. The number of nitrogens with zero attached hydrogens (tertiary/aromatic N) is 2. The summed E-state index contributed by atoms with van der Waals surface area (Å²) in [5, 5.41) is 11.8. The van der Waals surface area contributed by atoms with Crippen LogP contribution in [0.5, 0.6) is 0 Å². The van der Waals surface area contributed by atoms with Gasteiger partial charge in [0.1, 0.15) is 11.8 Å². The average Bonchev–Trinajstić information content (AvgIpc) is 2.67. The topological polar surface area (TPSA) is 64.9 Å². The van der Waals surface area contributed by atoms with E-state index in [1.54, 1.807) is 0 Å². The molecule has 0 aliphatic carbocycles. The third kappa shape index (κ3) is 2.48. The van der Waals surface area contributed by atoms with E-state index < -0.39 is 55.1 Å². The molecule has 2 rings (SSSR count). The number of nitrogens with one attached hydrogen (secondary N) is 1. The summed E-state index contributed by atoms with van der Waals surface area (Å²) in [6.07, 6.45) is -12.6. The molecule has 0 aromatic rings. The van der Waals surface area contributed by atoms with Gasteiger partial charge in [0.2, 0.25) is 0 Å². The first-order valence-electron chi connectivity index (χ1n) is 5.48. The quantitative estimate of drug-likeness (QED) is 0.671. The number of carboxylic acid groups (broad SMARTS) is 1. The number of fused-ring (bicyclic) bond motifs is 1. The Kier molecular flexibility index (Phi) is 3.25. The zero-order valence-corrected chi connectivity index (χ0v) is 9.66. The lowest BCUT2D eigenvalue weighted by Crippen LogP contribution is -2.60. The molecular formula is C9H9F6N3O2. The van der Waals surface area contributed by atoms with Gasteiger partial charge in [-0.3, -0.25) is 4.90 Å². The smallest absolute Gasteiger partial charge is 0.431 e. The van der Waals surface area contributed by atoms with Crippen LogP contribution in [-0.2, 0) is 0 Å². The normalized spacial score (nSPS) is 30.6. The molecule has 3 atom stereocenters. The van der Waals surface area contributed by atoms with Crippen molar-refractivity contribution in [2.24, 2.45) is 11.0 Å². The molecule has 0 spiro atoms. The van der Waals surface area contributed by atoms with Crippen LogP contribution in [0.1, 0.15) is 6.42 Å². The highest BCUT2D eigenvalue weighted by atomic mass is 19.4. The summed E-state index contributed by atoms with van der Waals surface area (Å²) in [4.78, 5) is 10.9. The largest absolute Gasteiger partial charge is 0.465 e. The fourth-order valence-corrected chi connectivity index (χ4v) is 2.46. The maximum absolute atomic E-state index is 12.8. The molecule has 2 aliphatic heterocycles. The number of rotatable bonds is 0. The molecule has 114 valence electrons. The second-order valence-electron chi connectivity index (χ2n) is 4.56. The number of hydrazone groups is 1.